The summed E-state index contributed by atoms with van der Waals surface area (Å²) in [5, 5.41) is 8.82. The van der Waals surface area contributed by atoms with Gasteiger partial charge in [-0.1, -0.05) is 35.5 Å². The number of fused-ring (bicyclic) bond motifs is 2. The van der Waals surface area contributed by atoms with Gasteiger partial charge in [-0.05, 0) is 24.6 Å². The predicted octanol–water partition coefficient (Wildman–Crippen LogP) is 2.01. The number of nitrogens with one attached hydrogen (secondary N) is 1. The minimum absolute atomic E-state index is 0.134. The van der Waals surface area contributed by atoms with Crippen LogP contribution in [-0.4, -0.2) is 47.1 Å². The second-order valence-corrected chi connectivity index (χ2v) is 9.74. The molecule has 0 fully saturated rings. The number of halogens is 1. The van der Waals surface area contributed by atoms with Gasteiger partial charge in [0.05, 0.1) is 25.3 Å². The first-order valence-electron chi connectivity index (χ1n) is 11.0. The van der Waals surface area contributed by atoms with E-state index in [0.717, 1.165) is 5.56 Å². The van der Waals surface area contributed by atoms with Crippen molar-refractivity contribution in [2.75, 3.05) is 12.3 Å². The molecule has 0 radical (unpaired) electrons. The number of amides is 1. The third-order valence-corrected chi connectivity index (χ3v) is 7.08. The maximum atomic E-state index is 12.9. The van der Waals surface area contributed by atoms with Crippen molar-refractivity contribution >= 4 is 40.3 Å². The van der Waals surface area contributed by atoms with Crippen molar-refractivity contribution < 1.29 is 4.79 Å². The molecular formula is C23H22ClN7O3S. The number of nitrogens with zero attached hydrogens (tertiary/aromatic N) is 6. The molecular weight excluding hydrogens is 490 g/mol. The SMILES string of the molecule is Cc1cc(=O)n2c(n1)SCC2CC(=O)NCCn1ncc2c(=O)n(Cc3cccc(Cl)c3)cnc21. The Morgan fingerprint density at radius 1 is 1.29 bits per heavy atom. The lowest BCUT2D eigenvalue weighted by Crippen LogP contribution is -2.32. The highest BCUT2D eigenvalue weighted by Crippen LogP contribution is 2.31. The van der Waals surface area contributed by atoms with Gasteiger partial charge in [0.25, 0.3) is 11.1 Å². The van der Waals surface area contributed by atoms with E-state index in [0.29, 0.717) is 52.3 Å². The van der Waals surface area contributed by atoms with Crippen LogP contribution in [0, 0.1) is 6.92 Å². The van der Waals surface area contributed by atoms with Gasteiger partial charge in [0.2, 0.25) is 5.91 Å². The minimum Gasteiger partial charge on any atom is -0.354 e. The van der Waals surface area contributed by atoms with Crippen LogP contribution in [0.3, 0.4) is 0 Å². The smallest absolute Gasteiger partial charge is 0.264 e. The lowest BCUT2D eigenvalue weighted by molar-refractivity contribution is -0.121. The van der Waals surface area contributed by atoms with Gasteiger partial charge in [-0.25, -0.2) is 14.6 Å². The van der Waals surface area contributed by atoms with Crippen LogP contribution in [0.2, 0.25) is 5.02 Å². The van der Waals surface area contributed by atoms with Crippen LogP contribution in [0.5, 0.6) is 0 Å². The van der Waals surface area contributed by atoms with E-state index in [4.69, 9.17) is 11.6 Å². The van der Waals surface area contributed by atoms with Crippen LogP contribution >= 0.6 is 23.4 Å². The van der Waals surface area contributed by atoms with Crippen molar-refractivity contribution in [1.82, 2.24) is 34.2 Å². The zero-order valence-electron chi connectivity index (χ0n) is 18.8. The third kappa shape index (κ3) is 4.87. The Hall–Kier alpha value is -3.44. The third-order valence-electron chi connectivity index (χ3n) is 5.75. The Morgan fingerprint density at radius 3 is 2.97 bits per heavy atom. The van der Waals surface area contributed by atoms with E-state index in [1.54, 1.807) is 28.3 Å². The summed E-state index contributed by atoms with van der Waals surface area (Å²) >= 11 is 7.52. The Balaban J connectivity index is 1.21. The molecule has 0 bridgehead atoms. The summed E-state index contributed by atoms with van der Waals surface area (Å²) in [4.78, 5) is 46.5. The van der Waals surface area contributed by atoms with Gasteiger partial charge in [-0.2, -0.15) is 5.10 Å². The molecule has 3 aromatic heterocycles. The van der Waals surface area contributed by atoms with Crippen molar-refractivity contribution in [3.05, 3.63) is 79.8 Å². The quantitative estimate of drug-likeness (QED) is 0.377. The van der Waals surface area contributed by atoms with Crippen molar-refractivity contribution in [3.8, 4) is 0 Å². The summed E-state index contributed by atoms with van der Waals surface area (Å²) in [5.74, 6) is 0.470. The van der Waals surface area contributed by atoms with Gasteiger partial charge >= 0.3 is 0 Å². The van der Waals surface area contributed by atoms with Gasteiger partial charge in [0.1, 0.15) is 11.7 Å². The maximum absolute atomic E-state index is 12.9. The number of hydrogen-bond acceptors (Lipinski definition) is 7. The fourth-order valence-corrected chi connectivity index (χ4v) is 5.51. The highest BCUT2D eigenvalue weighted by atomic mass is 35.5. The highest BCUT2D eigenvalue weighted by Gasteiger charge is 2.27. The lowest BCUT2D eigenvalue weighted by Gasteiger charge is -2.13. The van der Waals surface area contributed by atoms with Crippen molar-refractivity contribution in [1.29, 1.82) is 0 Å². The molecule has 1 N–H and O–H groups in total. The Kier molecular flexibility index (Phi) is 6.44. The number of thioether (sulfide) groups is 1. The normalized spacial score (nSPS) is 14.9. The zero-order valence-corrected chi connectivity index (χ0v) is 20.4. The fourth-order valence-electron chi connectivity index (χ4n) is 4.11. The number of carbonyl (C=O) groups excluding carboxylic acids is 1. The molecule has 0 spiro atoms. The Morgan fingerprint density at radius 2 is 2.14 bits per heavy atom. The molecule has 1 aromatic carbocycles. The van der Waals surface area contributed by atoms with Crippen LogP contribution in [0.4, 0.5) is 0 Å². The Bertz CT molecular complexity index is 1540. The molecule has 12 heteroatoms. The second-order valence-electron chi connectivity index (χ2n) is 8.32. The average molecular weight is 512 g/mol. The van der Waals surface area contributed by atoms with E-state index in [9.17, 15) is 14.4 Å². The Labute approximate surface area is 209 Å². The molecule has 1 aliphatic heterocycles. The van der Waals surface area contributed by atoms with E-state index in [1.165, 1.54) is 34.9 Å². The second kappa shape index (κ2) is 9.67. The number of aromatic nitrogens is 6. The van der Waals surface area contributed by atoms with E-state index < -0.39 is 0 Å². The molecule has 0 aliphatic carbocycles. The molecule has 0 saturated carbocycles. The van der Waals surface area contributed by atoms with Crippen LogP contribution < -0.4 is 16.4 Å². The number of hydrogen-bond donors (Lipinski definition) is 1. The minimum atomic E-state index is -0.222. The molecule has 10 nitrogen and oxygen atoms in total. The predicted molar refractivity (Wildman–Crippen MR) is 133 cm³/mol. The summed E-state index contributed by atoms with van der Waals surface area (Å²) in [6.07, 6.45) is 3.18. The van der Waals surface area contributed by atoms with Gasteiger partial charge < -0.3 is 5.32 Å². The van der Waals surface area contributed by atoms with Gasteiger partial charge in [-0.15, -0.1) is 0 Å². The molecule has 1 atom stereocenters. The lowest BCUT2D eigenvalue weighted by atomic mass is 10.2. The van der Waals surface area contributed by atoms with Gasteiger partial charge in [0, 0.05) is 35.5 Å². The summed E-state index contributed by atoms with van der Waals surface area (Å²) in [5.41, 5.74) is 1.70. The molecule has 4 aromatic rings. The first kappa shape index (κ1) is 23.3. The number of rotatable bonds is 7. The fraction of sp³-hybridized carbons (Fsp3) is 0.304. The van der Waals surface area contributed by atoms with Crippen molar-refractivity contribution in [2.45, 2.75) is 37.6 Å². The highest BCUT2D eigenvalue weighted by molar-refractivity contribution is 7.99. The monoisotopic (exact) mass is 511 g/mol. The molecule has 1 unspecified atom stereocenters. The topological polar surface area (TPSA) is 117 Å². The van der Waals surface area contributed by atoms with E-state index in [1.807, 2.05) is 12.1 Å². The first-order chi connectivity index (χ1) is 16.9. The van der Waals surface area contributed by atoms with Gasteiger partial charge in [-0.3, -0.25) is 23.5 Å². The summed E-state index contributed by atoms with van der Waals surface area (Å²) in [7, 11) is 0. The van der Waals surface area contributed by atoms with Gasteiger partial charge in [0.15, 0.2) is 10.8 Å². The molecule has 4 heterocycles. The van der Waals surface area contributed by atoms with Crippen LogP contribution in [-0.2, 0) is 17.9 Å². The molecule has 1 aliphatic rings. The van der Waals surface area contributed by atoms with E-state index >= 15 is 0 Å². The molecule has 180 valence electrons. The summed E-state index contributed by atoms with van der Waals surface area (Å²) in [6.45, 7) is 2.81. The van der Waals surface area contributed by atoms with Crippen LogP contribution in [0.25, 0.3) is 11.0 Å². The van der Waals surface area contributed by atoms with Crippen molar-refractivity contribution in [2.24, 2.45) is 0 Å². The van der Waals surface area contributed by atoms with E-state index in [-0.39, 0.29) is 29.5 Å². The molecule has 1 amide bonds. The average Bonchev–Trinajstić information content (AvgIpc) is 3.40. The van der Waals surface area contributed by atoms with Crippen molar-refractivity contribution in [3.63, 3.8) is 0 Å². The number of benzene rings is 1. The summed E-state index contributed by atoms with van der Waals surface area (Å²) < 4.78 is 4.70. The summed E-state index contributed by atoms with van der Waals surface area (Å²) in [6, 6.07) is 8.58. The molecule has 5 rings (SSSR count). The standard InChI is InChI=1S/C23H22ClN7O3S/c1-14-7-20(33)31-17(12-35-23(31)28-14)9-19(32)25-5-6-30-21-18(10-27-30)22(34)29(13-26-21)11-15-3-2-4-16(24)8-15/h2-4,7-8,10,13,17H,5-6,9,11-12H2,1H3,(H,25,32). The number of aryl methyl sites for hydroxylation is 1. The van der Waals surface area contributed by atoms with Crippen LogP contribution in [0.15, 0.2) is 57.6 Å². The first-order valence-corrected chi connectivity index (χ1v) is 12.4. The molecule has 35 heavy (non-hydrogen) atoms. The number of carbonyl (C=O) groups is 1. The zero-order chi connectivity index (χ0) is 24.5. The van der Waals surface area contributed by atoms with E-state index in [2.05, 4.69) is 20.4 Å². The largest absolute Gasteiger partial charge is 0.354 e. The van der Waals surface area contributed by atoms with Crippen LogP contribution in [0.1, 0.15) is 23.7 Å². The maximum Gasteiger partial charge on any atom is 0.264 e. The molecule has 0 saturated heterocycles.